The molecule has 8 nitrogen and oxygen atoms in total. The maximum Gasteiger partial charge on any atom is 0.308 e. The highest BCUT2D eigenvalue weighted by molar-refractivity contribution is 6.19. The third-order valence-corrected chi connectivity index (χ3v) is 3.36. The van der Waals surface area contributed by atoms with Crippen molar-refractivity contribution in [3.05, 3.63) is 47.0 Å². The van der Waals surface area contributed by atoms with Crippen LogP contribution in [0.5, 0.6) is 0 Å². The Morgan fingerprint density at radius 3 is 1.38 bits per heavy atom. The summed E-state index contributed by atoms with van der Waals surface area (Å²) in [7, 11) is 0. The summed E-state index contributed by atoms with van der Waals surface area (Å²) in [6, 6.07) is 0. The predicted octanol–water partition coefficient (Wildman–Crippen LogP) is 0.817. The molecule has 0 heterocycles. The summed E-state index contributed by atoms with van der Waals surface area (Å²) in [5.41, 5.74) is 0.112. The van der Waals surface area contributed by atoms with Crippen molar-refractivity contribution in [3.63, 3.8) is 0 Å². The van der Waals surface area contributed by atoms with Crippen molar-refractivity contribution >= 4 is 35.1 Å². The van der Waals surface area contributed by atoms with Crippen LogP contribution in [0, 0.1) is 0 Å². The van der Waals surface area contributed by atoms with E-state index in [1.165, 1.54) is 12.2 Å². The molecule has 2 rings (SSSR count). The first-order valence-corrected chi connectivity index (χ1v) is 7.52. The zero-order valence-corrected chi connectivity index (χ0v) is 14.0. The number of ether oxygens (including phenoxy) is 2. The summed E-state index contributed by atoms with van der Waals surface area (Å²) in [4.78, 5) is 69.2. The summed E-state index contributed by atoms with van der Waals surface area (Å²) in [5, 5.41) is 0. The summed E-state index contributed by atoms with van der Waals surface area (Å²) >= 11 is 0. The molecule has 0 radical (unpaired) electrons. The fraction of sp³-hybridized carbons (Fsp3) is 0.222. The van der Waals surface area contributed by atoms with Crippen molar-refractivity contribution in [2.75, 3.05) is 0 Å². The average Bonchev–Trinajstić information content (AvgIpc) is 2.51. The van der Waals surface area contributed by atoms with Gasteiger partial charge in [0.15, 0.2) is 23.1 Å². The molecule has 0 saturated carbocycles. The molecule has 2 aliphatic carbocycles. The number of hydrogen-bond acceptors (Lipinski definition) is 8. The summed E-state index contributed by atoms with van der Waals surface area (Å²) < 4.78 is 9.50. The van der Waals surface area contributed by atoms with Crippen LogP contribution in [-0.2, 0) is 38.2 Å². The van der Waals surface area contributed by atoms with E-state index in [0.717, 1.165) is 26.0 Å². The molecule has 26 heavy (non-hydrogen) atoms. The first kappa shape index (κ1) is 18.9. The maximum absolute atomic E-state index is 11.9. The molecule has 0 saturated heterocycles. The molecule has 0 N–H and O–H groups in total. The Morgan fingerprint density at radius 1 is 0.731 bits per heavy atom. The van der Waals surface area contributed by atoms with Crippen molar-refractivity contribution in [1.82, 2.24) is 0 Å². The monoisotopic (exact) mass is 358 g/mol. The Morgan fingerprint density at radius 2 is 1.08 bits per heavy atom. The van der Waals surface area contributed by atoms with Crippen molar-refractivity contribution in [2.24, 2.45) is 0 Å². The standard InChI is InChI=1S/C18H14O8/c1-9(19)25-17-5-11(13(21)7-15(17)23)3-4-12-6-18(26-10(2)20)16(24)8-14(12)22/h3-6H,7-8H2,1-2H3/b11-3-,12-4+. The van der Waals surface area contributed by atoms with Crippen LogP contribution >= 0.6 is 0 Å². The quantitative estimate of drug-likeness (QED) is 0.413. The van der Waals surface area contributed by atoms with Crippen LogP contribution in [0.1, 0.15) is 26.7 Å². The molecule has 0 aliphatic heterocycles. The number of rotatable bonds is 3. The number of carbonyl (C=O) groups excluding carboxylic acids is 6. The minimum Gasteiger partial charge on any atom is -0.423 e. The second-order valence-electron chi connectivity index (χ2n) is 5.49. The molecular formula is C18H14O8. The van der Waals surface area contributed by atoms with Gasteiger partial charge >= 0.3 is 11.9 Å². The molecule has 0 atom stereocenters. The predicted molar refractivity (Wildman–Crippen MR) is 85.1 cm³/mol. The number of carbonyl (C=O) groups is 6. The molecule has 0 spiro atoms. The molecular weight excluding hydrogens is 344 g/mol. The molecule has 8 heteroatoms. The van der Waals surface area contributed by atoms with Crippen LogP contribution in [0.15, 0.2) is 47.0 Å². The third-order valence-electron chi connectivity index (χ3n) is 3.36. The van der Waals surface area contributed by atoms with E-state index in [4.69, 9.17) is 9.47 Å². The molecule has 0 unspecified atom stereocenters. The zero-order valence-electron chi connectivity index (χ0n) is 14.0. The van der Waals surface area contributed by atoms with Gasteiger partial charge in [-0.05, 0) is 12.2 Å². The summed E-state index contributed by atoms with van der Waals surface area (Å²) in [6.45, 7) is 2.24. The Bertz CT molecular complexity index is 792. The third kappa shape index (κ3) is 4.56. The van der Waals surface area contributed by atoms with Gasteiger partial charge in [0.05, 0.1) is 12.8 Å². The Hall–Kier alpha value is -3.42. The molecule has 0 amide bonds. The number of Topliss-reactive ketones (excluding diaryl/α,β-unsaturated/α-hetero) is 4. The van der Waals surface area contributed by atoms with E-state index in [9.17, 15) is 28.8 Å². The maximum atomic E-state index is 11.9. The Kier molecular flexibility index (Phi) is 5.56. The topological polar surface area (TPSA) is 121 Å². The van der Waals surface area contributed by atoms with E-state index in [2.05, 4.69) is 0 Å². The zero-order chi connectivity index (χ0) is 19.4. The van der Waals surface area contributed by atoms with Crippen molar-refractivity contribution in [3.8, 4) is 0 Å². The van der Waals surface area contributed by atoms with E-state index in [1.807, 2.05) is 0 Å². The molecule has 0 aromatic rings. The molecule has 0 fully saturated rings. The van der Waals surface area contributed by atoms with Crippen LogP contribution in [0.25, 0.3) is 0 Å². The molecule has 0 bridgehead atoms. The molecule has 0 aromatic carbocycles. The first-order valence-electron chi connectivity index (χ1n) is 7.52. The second-order valence-corrected chi connectivity index (χ2v) is 5.49. The highest BCUT2D eigenvalue weighted by atomic mass is 16.5. The minimum absolute atomic E-state index is 0.0560. The fourth-order valence-corrected chi connectivity index (χ4v) is 2.22. The van der Waals surface area contributed by atoms with Gasteiger partial charge in [-0.1, -0.05) is 12.2 Å². The number of allylic oxidation sites excluding steroid dienone is 8. The van der Waals surface area contributed by atoms with Gasteiger partial charge in [0, 0.05) is 25.0 Å². The van der Waals surface area contributed by atoms with Crippen molar-refractivity contribution < 1.29 is 38.2 Å². The number of ketones is 4. The molecule has 0 aromatic heterocycles. The van der Waals surface area contributed by atoms with Crippen molar-refractivity contribution in [2.45, 2.75) is 26.7 Å². The van der Waals surface area contributed by atoms with Gasteiger partial charge in [-0.3, -0.25) is 28.8 Å². The minimum atomic E-state index is -0.702. The lowest BCUT2D eigenvalue weighted by Crippen LogP contribution is -2.21. The SMILES string of the molecule is CC(=O)OC1=C/C(=C/C=C2\C=C(OC(C)=O)C(=O)CC2=O)C(=O)CC1=O. The largest absolute Gasteiger partial charge is 0.423 e. The summed E-state index contributed by atoms with van der Waals surface area (Å²) in [6.07, 6.45) is 3.83. The van der Waals surface area contributed by atoms with Crippen LogP contribution in [-0.4, -0.2) is 35.1 Å². The highest BCUT2D eigenvalue weighted by Crippen LogP contribution is 2.21. The lowest BCUT2D eigenvalue weighted by atomic mass is 9.94. The summed E-state index contributed by atoms with van der Waals surface area (Å²) in [5.74, 6) is -4.18. The van der Waals surface area contributed by atoms with Gasteiger partial charge in [-0.25, -0.2) is 0 Å². The van der Waals surface area contributed by atoms with E-state index in [1.54, 1.807) is 0 Å². The number of hydrogen-bond donors (Lipinski definition) is 0. The van der Waals surface area contributed by atoms with Crippen LogP contribution in [0.3, 0.4) is 0 Å². The molecule has 2 aliphatic rings. The fourth-order valence-electron chi connectivity index (χ4n) is 2.22. The van der Waals surface area contributed by atoms with Gasteiger partial charge in [0.1, 0.15) is 0 Å². The van der Waals surface area contributed by atoms with Gasteiger partial charge < -0.3 is 9.47 Å². The second kappa shape index (κ2) is 7.64. The van der Waals surface area contributed by atoms with Crippen molar-refractivity contribution in [1.29, 1.82) is 0 Å². The van der Waals surface area contributed by atoms with Gasteiger partial charge in [0.2, 0.25) is 11.6 Å². The van der Waals surface area contributed by atoms with Crippen LogP contribution in [0.4, 0.5) is 0 Å². The van der Waals surface area contributed by atoms with Crippen LogP contribution < -0.4 is 0 Å². The lowest BCUT2D eigenvalue weighted by Gasteiger charge is -2.13. The average molecular weight is 358 g/mol. The van der Waals surface area contributed by atoms with E-state index >= 15 is 0 Å². The van der Waals surface area contributed by atoms with E-state index in [-0.39, 0.29) is 22.7 Å². The normalized spacial score (nSPS) is 20.8. The lowest BCUT2D eigenvalue weighted by molar-refractivity contribution is -0.141. The van der Waals surface area contributed by atoms with Gasteiger partial charge in [-0.15, -0.1) is 0 Å². The highest BCUT2D eigenvalue weighted by Gasteiger charge is 2.27. The van der Waals surface area contributed by atoms with E-state index < -0.39 is 47.9 Å². The van der Waals surface area contributed by atoms with Gasteiger partial charge in [0.25, 0.3) is 0 Å². The number of esters is 2. The van der Waals surface area contributed by atoms with Crippen LogP contribution in [0.2, 0.25) is 0 Å². The Balaban J connectivity index is 2.37. The molecule has 134 valence electrons. The first-order chi connectivity index (χ1) is 12.2. The smallest absolute Gasteiger partial charge is 0.308 e. The van der Waals surface area contributed by atoms with E-state index in [0.29, 0.717) is 0 Å². The van der Waals surface area contributed by atoms with Gasteiger partial charge in [-0.2, -0.15) is 0 Å². The Labute approximate surface area is 147 Å².